The van der Waals surface area contributed by atoms with E-state index in [2.05, 4.69) is 0 Å². The first-order chi connectivity index (χ1) is 18.6. The van der Waals surface area contributed by atoms with Crippen LogP contribution in [0.4, 0.5) is 13.2 Å². The molecule has 0 saturated heterocycles. The van der Waals surface area contributed by atoms with Crippen molar-refractivity contribution in [3.63, 3.8) is 0 Å². The van der Waals surface area contributed by atoms with Crippen LogP contribution in [0.3, 0.4) is 0 Å². The first-order valence-corrected chi connectivity index (χ1v) is 13.1. The molecule has 1 aliphatic rings. The molecule has 8 heteroatoms. The van der Waals surface area contributed by atoms with Crippen molar-refractivity contribution in [1.29, 1.82) is 0 Å². The first kappa shape index (κ1) is 28.8. The number of ether oxygens (including phenoxy) is 1. The van der Waals surface area contributed by atoms with Gasteiger partial charge in [-0.1, -0.05) is 67.6 Å². The van der Waals surface area contributed by atoms with E-state index in [1.54, 1.807) is 31.0 Å². The summed E-state index contributed by atoms with van der Waals surface area (Å²) in [6.07, 6.45) is -4.82. The molecule has 3 aromatic carbocycles. The number of rotatable bonds is 6. The summed E-state index contributed by atoms with van der Waals surface area (Å²) < 4.78 is 47.2. The number of aliphatic hydroxyl groups excluding tert-OH is 1. The van der Waals surface area contributed by atoms with Gasteiger partial charge in [-0.05, 0) is 48.4 Å². The monoisotopic (exact) mass is 540 g/mol. The van der Waals surface area contributed by atoms with Crippen molar-refractivity contribution in [1.82, 2.24) is 9.80 Å². The molecule has 0 fully saturated rings. The van der Waals surface area contributed by atoms with Crippen LogP contribution >= 0.6 is 0 Å². The normalized spacial score (nSPS) is 19.3. The molecule has 0 spiro atoms. The zero-order valence-electron chi connectivity index (χ0n) is 22.5. The molecule has 208 valence electrons. The molecule has 1 N–H and O–H groups in total. The molecule has 0 radical (unpaired) electrons. The fourth-order valence-corrected chi connectivity index (χ4v) is 5.15. The van der Waals surface area contributed by atoms with Crippen molar-refractivity contribution < 1.29 is 27.8 Å². The Balaban J connectivity index is 1.67. The van der Waals surface area contributed by atoms with Gasteiger partial charge < -0.3 is 14.7 Å². The van der Waals surface area contributed by atoms with Crippen LogP contribution < -0.4 is 0 Å². The zero-order chi connectivity index (χ0) is 28.2. The maximum absolute atomic E-state index is 13.9. The second kappa shape index (κ2) is 12.3. The minimum Gasteiger partial charge on any atom is -0.394 e. The van der Waals surface area contributed by atoms with E-state index in [-0.39, 0.29) is 43.3 Å². The third-order valence-electron chi connectivity index (χ3n) is 7.35. The van der Waals surface area contributed by atoms with Crippen molar-refractivity contribution >= 4 is 5.91 Å². The maximum atomic E-state index is 13.9. The van der Waals surface area contributed by atoms with Gasteiger partial charge in [0.15, 0.2) is 0 Å². The Bertz CT molecular complexity index is 1280. The van der Waals surface area contributed by atoms with E-state index in [9.17, 15) is 23.1 Å². The number of carbonyl (C=O) groups excluding carboxylic acids is 1. The largest absolute Gasteiger partial charge is 0.416 e. The average Bonchev–Trinajstić information content (AvgIpc) is 2.94. The number of alkyl halides is 3. The molecule has 0 unspecified atom stereocenters. The van der Waals surface area contributed by atoms with E-state index in [0.717, 1.165) is 22.8 Å². The van der Waals surface area contributed by atoms with Gasteiger partial charge >= 0.3 is 6.18 Å². The predicted molar refractivity (Wildman–Crippen MR) is 145 cm³/mol. The standard InChI is InChI=1S/C31H35F3N2O3/c1-21-16-36(22(2)19-37)30(38)27-14-8-7-13-26(27)25-12-6-4-11-24(25)20-39-29(21)18-35(3)17-23-10-5-9-15-28(23)31(32,33)34/h4-15,21-22,29,37H,16-20H2,1-3H3/t21-,22-,29+/m0/s1. The lowest BCUT2D eigenvalue weighted by molar-refractivity contribution is -0.138. The van der Waals surface area contributed by atoms with Gasteiger partial charge in [-0.25, -0.2) is 0 Å². The molecular weight excluding hydrogens is 505 g/mol. The van der Waals surface area contributed by atoms with E-state index in [1.165, 1.54) is 12.1 Å². The van der Waals surface area contributed by atoms with Gasteiger partial charge in [-0.3, -0.25) is 9.69 Å². The van der Waals surface area contributed by atoms with Gasteiger partial charge in [0, 0.05) is 31.1 Å². The minimum absolute atomic E-state index is 0.0972. The highest BCUT2D eigenvalue weighted by Crippen LogP contribution is 2.33. The van der Waals surface area contributed by atoms with E-state index in [4.69, 9.17) is 4.74 Å². The average molecular weight is 541 g/mol. The number of hydrogen-bond donors (Lipinski definition) is 1. The summed E-state index contributed by atoms with van der Waals surface area (Å²) in [6.45, 7) is 4.65. The smallest absolute Gasteiger partial charge is 0.394 e. The molecule has 0 aromatic heterocycles. The van der Waals surface area contributed by atoms with Crippen molar-refractivity contribution in [3.8, 4) is 11.1 Å². The summed E-state index contributed by atoms with van der Waals surface area (Å²) in [5.74, 6) is -0.345. The summed E-state index contributed by atoms with van der Waals surface area (Å²) in [5.41, 5.74) is 2.71. The van der Waals surface area contributed by atoms with E-state index >= 15 is 0 Å². The number of likely N-dealkylation sites (N-methyl/N-ethyl adjacent to an activating group) is 1. The molecular formula is C31H35F3N2O3. The number of benzene rings is 3. The Morgan fingerprint density at radius 2 is 1.62 bits per heavy atom. The first-order valence-electron chi connectivity index (χ1n) is 13.1. The van der Waals surface area contributed by atoms with Crippen LogP contribution in [0.2, 0.25) is 0 Å². The molecule has 1 amide bonds. The number of amides is 1. The lowest BCUT2D eigenvalue weighted by atomic mass is 9.94. The molecule has 4 rings (SSSR count). The van der Waals surface area contributed by atoms with Crippen molar-refractivity contribution in [2.45, 2.75) is 45.3 Å². The zero-order valence-corrected chi connectivity index (χ0v) is 22.5. The minimum atomic E-state index is -4.43. The van der Waals surface area contributed by atoms with Crippen LogP contribution in [0, 0.1) is 5.92 Å². The summed E-state index contributed by atoms with van der Waals surface area (Å²) >= 11 is 0. The number of fused-ring (bicyclic) bond motifs is 3. The fraction of sp³-hybridized carbons (Fsp3) is 0.387. The molecule has 3 atom stereocenters. The Hall–Kier alpha value is -3.20. The van der Waals surface area contributed by atoms with E-state index in [1.807, 2.05) is 54.3 Å². The molecule has 1 aliphatic heterocycles. The van der Waals surface area contributed by atoms with Gasteiger partial charge in [0.1, 0.15) is 0 Å². The second-order valence-electron chi connectivity index (χ2n) is 10.4. The Morgan fingerprint density at radius 3 is 2.31 bits per heavy atom. The van der Waals surface area contributed by atoms with Crippen LogP contribution in [0.25, 0.3) is 11.1 Å². The number of halogens is 3. The predicted octanol–water partition coefficient (Wildman–Crippen LogP) is 5.86. The SMILES string of the molecule is C[C@H]1CN([C@@H](C)CO)C(=O)c2ccccc2-c2ccccc2CO[C@@H]1CN(C)Cc1ccccc1C(F)(F)F. The van der Waals surface area contributed by atoms with Crippen LogP contribution in [-0.4, -0.2) is 59.7 Å². The summed E-state index contributed by atoms with van der Waals surface area (Å²) in [7, 11) is 1.78. The van der Waals surface area contributed by atoms with Gasteiger partial charge in [-0.15, -0.1) is 0 Å². The Morgan fingerprint density at radius 1 is 1.00 bits per heavy atom. The Labute approximate surface area is 227 Å². The summed E-state index contributed by atoms with van der Waals surface area (Å²) in [6, 6.07) is 20.4. The molecule has 3 aromatic rings. The molecule has 0 saturated carbocycles. The van der Waals surface area contributed by atoms with Gasteiger partial charge in [0.05, 0.1) is 30.9 Å². The van der Waals surface area contributed by atoms with Gasteiger partial charge in [0.2, 0.25) is 0 Å². The molecule has 0 aliphatic carbocycles. The van der Waals surface area contributed by atoms with Crippen LogP contribution in [0.15, 0.2) is 72.8 Å². The number of aliphatic hydroxyl groups is 1. The highest BCUT2D eigenvalue weighted by atomic mass is 19.4. The van der Waals surface area contributed by atoms with Crippen molar-refractivity contribution in [2.75, 3.05) is 26.7 Å². The van der Waals surface area contributed by atoms with Gasteiger partial charge in [-0.2, -0.15) is 13.2 Å². The number of hydrogen-bond acceptors (Lipinski definition) is 4. The third-order valence-corrected chi connectivity index (χ3v) is 7.35. The third kappa shape index (κ3) is 6.69. The molecule has 39 heavy (non-hydrogen) atoms. The molecule has 0 bridgehead atoms. The molecule has 5 nitrogen and oxygen atoms in total. The van der Waals surface area contributed by atoms with Gasteiger partial charge in [0.25, 0.3) is 5.91 Å². The number of nitrogens with zero attached hydrogens (tertiary/aromatic N) is 2. The van der Waals surface area contributed by atoms with Crippen LogP contribution in [0.1, 0.15) is 40.9 Å². The maximum Gasteiger partial charge on any atom is 0.416 e. The lowest BCUT2D eigenvalue weighted by Crippen LogP contribution is -2.47. The Kier molecular flexibility index (Phi) is 9.10. The fourth-order valence-electron chi connectivity index (χ4n) is 5.15. The lowest BCUT2D eigenvalue weighted by Gasteiger charge is -2.35. The summed E-state index contributed by atoms with van der Waals surface area (Å²) in [4.78, 5) is 17.4. The highest BCUT2D eigenvalue weighted by Gasteiger charge is 2.34. The highest BCUT2D eigenvalue weighted by molar-refractivity contribution is 6.01. The van der Waals surface area contributed by atoms with E-state index in [0.29, 0.717) is 18.7 Å². The van der Waals surface area contributed by atoms with E-state index < -0.39 is 17.8 Å². The molecule has 1 heterocycles. The van der Waals surface area contributed by atoms with Crippen LogP contribution in [0.5, 0.6) is 0 Å². The van der Waals surface area contributed by atoms with Crippen LogP contribution in [-0.2, 0) is 24.1 Å². The second-order valence-corrected chi connectivity index (χ2v) is 10.4. The van der Waals surface area contributed by atoms with Crippen molar-refractivity contribution in [2.24, 2.45) is 5.92 Å². The summed E-state index contributed by atoms with van der Waals surface area (Å²) in [5, 5.41) is 9.98. The topological polar surface area (TPSA) is 53.0 Å². The van der Waals surface area contributed by atoms with Crippen molar-refractivity contribution in [3.05, 3.63) is 95.1 Å². The number of carbonyl (C=O) groups is 1. The quantitative estimate of drug-likeness (QED) is 0.426.